The monoisotopic (exact) mass is 437 g/mol. The minimum atomic E-state index is -3.56. The predicted molar refractivity (Wildman–Crippen MR) is 105 cm³/mol. The largest absolute Gasteiger partial charge is 0.317 e. The summed E-state index contributed by atoms with van der Waals surface area (Å²) in [5.41, 5.74) is 0.365. The third-order valence-electron chi connectivity index (χ3n) is 4.82. The van der Waals surface area contributed by atoms with Crippen LogP contribution in [-0.2, 0) is 17.1 Å². The van der Waals surface area contributed by atoms with E-state index in [0.29, 0.717) is 17.8 Å². The highest BCUT2D eigenvalue weighted by molar-refractivity contribution is 7.89. The number of aryl methyl sites for hydroxylation is 1. The van der Waals surface area contributed by atoms with Crippen molar-refractivity contribution in [3.63, 3.8) is 0 Å². The van der Waals surface area contributed by atoms with Gasteiger partial charge in [0.15, 0.2) is 10.6 Å². The van der Waals surface area contributed by atoms with Crippen LogP contribution in [0.3, 0.4) is 0 Å². The van der Waals surface area contributed by atoms with Gasteiger partial charge in [0.25, 0.3) is 5.91 Å². The molecular formula is C19H17F2N3O3S2. The second kappa shape index (κ2) is 7.43. The van der Waals surface area contributed by atoms with Gasteiger partial charge in [-0.05, 0) is 43.2 Å². The molecule has 3 aromatic rings. The van der Waals surface area contributed by atoms with Crippen LogP contribution in [-0.4, -0.2) is 36.3 Å². The summed E-state index contributed by atoms with van der Waals surface area (Å²) in [4.78, 5) is 16.8. The molecule has 0 aliphatic carbocycles. The molecule has 0 N–H and O–H groups in total. The quantitative estimate of drug-likeness (QED) is 0.632. The summed E-state index contributed by atoms with van der Waals surface area (Å²) in [5, 5.41) is 0. The van der Waals surface area contributed by atoms with Crippen LogP contribution < -0.4 is 4.80 Å². The molecule has 0 radical (unpaired) electrons. The zero-order valence-corrected chi connectivity index (χ0v) is 17.1. The first-order valence-corrected chi connectivity index (χ1v) is 11.2. The van der Waals surface area contributed by atoms with E-state index in [1.807, 2.05) is 0 Å². The molecule has 0 atom stereocenters. The number of thiazole rings is 1. The molecule has 10 heteroatoms. The van der Waals surface area contributed by atoms with Crippen molar-refractivity contribution < 1.29 is 22.0 Å². The zero-order chi connectivity index (χ0) is 20.8. The fourth-order valence-corrected chi connectivity index (χ4v) is 5.88. The van der Waals surface area contributed by atoms with Crippen molar-refractivity contribution in [3.8, 4) is 0 Å². The molecule has 1 aromatic heterocycles. The van der Waals surface area contributed by atoms with Crippen LogP contribution in [0.5, 0.6) is 0 Å². The Hall–Kier alpha value is -2.43. The van der Waals surface area contributed by atoms with E-state index in [1.165, 1.54) is 46.3 Å². The second-order valence-corrected chi connectivity index (χ2v) is 9.68. The number of hydrogen-bond acceptors (Lipinski definition) is 4. The van der Waals surface area contributed by atoms with Crippen molar-refractivity contribution in [2.45, 2.75) is 17.7 Å². The van der Waals surface area contributed by atoms with Crippen LogP contribution in [0, 0.1) is 11.6 Å². The lowest BCUT2D eigenvalue weighted by Gasteiger charge is -2.15. The number of nitrogens with zero attached hydrogens (tertiary/aromatic N) is 3. The van der Waals surface area contributed by atoms with E-state index in [4.69, 9.17) is 0 Å². The number of sulfonamides is 1. The highest BCUT2D eigenvalue weighted by Gasteiger charge is 2.27. The Labute approximate surface area is 169 Å². The van der Waals surface area contributed by atoms with E-state index in [0.717, 1.165) is 30.2 Å². The number of carbonyl (C=O) groups excluding carboxylic acids is 1. The van der Waals surface area contributed by atoms with Gasteiger partial charge in [0.05, 0.1) is 15.1 Å². The molecule has 1 fully saturated rings. The predicted octanol–water partition coefficient (Wildman–Crippen LogP) is 3.04. The van der Waals surface area contributed by atoms with Crippen LogP contribution in [0.15, 0.2) is 46.3 Å². The number of benzene rings is 2. The average molecular weight is 437 g/mol. The second-order valence-electron chi connectivity index (χ2n) is 6.73. The van der Waals surface area contributed by atoms with Crippen molar-refractivity contribution >= 4 is 37.5 Å². The Kier molecular flexibility index (Phi) is 5.09. The minimum Gasteiger partial charge on any atom is -0.317 e. The van der Waals surface area contributed by atoms with E-state index in [9.17, 15) is 22.0 Å². The number of hydrogen-bond donors (Lipinski definition) is 0. The van der Waals surface area contributed by atoms with Crippen LogP contribution in [0.2, 0.25) is 0 Å². The summed E-state index contributed by atoms with van der Waals surface area (Å²) >= 11 is 0.992. The summed E-state index contributed by atoms with van der Waals surface area (Å²) in [6, 6.07) is 7.54. The van der Waals surface area contributed by atoms with Crippen molar-refractivity contribution in [3.05, 3.63) is 58.4 Å². The molecule has 2 heterocycles. The first-order chi connectivity index (χ1) is 13.8. The van der Waals surface area contributed by atoms with Gasteiger partial charge in [-0.25, -0.2) is 17.2 Å². The smallest absolute Gasteiger partial charge is 0.279 e. The maximum Gasteiger partial charge on any atom is 0.279 e. The third-order valence-corrected chi connectivity index (χ3v) is 7.81. The molecule has 0 bridgehead atoms. The summed E-state index contributed by atoms with van der Waals surface area (Å²) in [5.74, 6) is -2.04. The molecule has 0 unspecified atom stereocenters. The lowest BCUT2D eigenvalue weighted by Crippen LogP contribution is -2.27. The van der Waals surface area contributed by atoms with Gasteiger partial charge >= 0.3 is 0 Å². The number of aromatic nitrogens is 1. The van der Waals surface area contributed by atoms with Gasteiger partial charge in [-0.1, -0.05) is 11.3 Å². The third kappa shape index (κ3) is 3.63. The highest BCUT2D eigenvalue weighted by Crippen LogP contribution is 2.23. The van der Waals surface area contributed by atoms with Gasteiger partial charge in [0, 0.05) is 31.8 Å². The number of halogens is 2. The molecular weight excluding hydrogens is 420 g/mol. The summed E-state index contributed by atoms with van der Waals surface area (Å²) in [6.07, 6.45) is 1.68. The standard InChI is InChI=1S/C19H17F2N3O3S2/c1-23-17-15(21)10-13(20)11-16(17)28-19(23)22-18(25)12-4-6-14(7-5-12)29(26,27)24-8-2-3-9-24/h4-7,10-11H,2-3,8-9H2,1H3. The highest BCUT2D eigenvalue weighted by atomic mass is 32.2. The van der Waals surface area contributed by atoms with Crippen molar-refractivity contribution in [1.29, 1.82) is 0 Å². The Morgan fingerprint density at radius 2 is 1.76 bits per heavy atom. The zero-order valence-electron chi connectivity index (χ0n) is 15.4. The molecule has 2 aromatic carbocycles. The SMILES string of the molecule is Cn1c(=NC(=O)c2ccc(S(=O)(=O)N3CCCC3)cc2)sc2cc(F)cc(F)c21. The first kappa shape index (κ1) is 19.9. The van der Waals surface area contributed by atoms with E-state index in [1.54, 1.807) is 0 Å². The fourth-order valence-electron chi connectivity index (χ4n) is 3.30. The van der Waals surface area contributed by atoms with Crippen LogP contribution >= 0.6 is 11.3 Å². The molecule has 1 saturated heterocycles. The van der Waals surface area contributed by atoms with Crippen molar-refractivity contribution in [1.82, 2.24) is 8.87 Å². The van der Waals surface area contributed by atoms with E-state index < -0.39 is 27.6 Å². The van der Waals surface area contributed by atoms with E-state index in [-0.39, 0.29) is 20.8 Å². The van der Waals surface area contributed by atoms with Crippen LogP contribution in [0.1, 0.15) is 23.2 Å². The maximum atomic E-state index is 14.0. The number of carbonyl (C=O) groups is 1. The summed E-state index contributed by atoms with van der Waals surface area (Å²) in [7, 11) is -2.02. The Morgan fingerprint density at radius 1 is 1.10 bits per heavy atom. The van der Waals surface area contributed by atoms with E-state index in [2.05, 4.69) is 4.99 Å². The lowest BCUT2D eigenvalue weighted by atomic mass is 10.2. The van der Waals surface area contributed by atoms with Crippen molar-refractivity contribution in [2.24, 2.45) is 12.0 Å². The molecule has 6 nitrogen and oxygen atoms in total. The minimum absolute atomic E-state index is 0.126. The topological polar surface area (TPSA) is 71.7 Å². The fraction of sp³-hybridized carbons (Fsp3) is 0.263. The van der Waals surface area contributed by atoms with Crippen LogP contribution in [0.4, 0.5) is 8.78 Å². The van der Waals surface area contributed by atoms with Gasteiger partial charge < -0.3 is 4.57 Å². The van der Waals surface area contributed by atoms with Gasteiger partial charge in [-0.3, -0.25) is 4.79 Å². The molecule has 152 valence electrons. The molecule has 1 aliphatic heterocycles. The molecule has 29 heavy (non-hydrogen) atoms. The normalized spacial score (nSPS) is 16.0. The van der Waals surface area contributed by atoms with Gasteiger partial charge in [0.2, 0.25) is 10.0 Å². The van der Waals surface area contributed by atoms with Gasteiger partial charge in [-0.2, -0.15) is 9.30 Å². The number of fused-ring (bicyclic) bond motifs is 1. The Bertz CT molecular complexity index is 1270. The molecule has 1 aliphatic rings. The van der Waals surface area contributed by atoms with Crippen molar-refractivity contribution in [2.75, 3.05) is 13.1 Å². The maximum absolute atomic E-state index is 14.0. The average Bonchev–Trinajstić information content (AvgIpc) is 3.31. The van der Waals surface area contributed by atoms with E-state index >= 15 is 0 Å². The number of amides is 1. The van der Waals surface area contributed by atoms with Crippen LogP contribution in [0.25, 0.3) is 10.2 Å². The molecule has 4 rings (SSSR count). The summed E-state index contributed by atoms with van der Waals surface area (Å²) < 4.78 is 55.7. The first-order valence-electron chi connectivity index (χ1n) is 8.91. The van der Waals surface area contributed by atoms with Gasteiger partial charge in [0.1, 0.15) is 5.82 Å². The Morgan fingerprint density at radius 3 is 2.41 bits per heavy atom. The molecule has 1 amide bonds. The molecule has 0 saturated carbocycles. The molecule has 0 spiro atoms. The number of rotatable bonds is 3. The summed E-state index contributed by atoms with van der Waals surface area (Å²) in [6.45, 7) is 0.996. The Balaban J connectivity index is 1.66. The van der Waals surface area contributed by atoms with Gasteiger partial charge in [-0.15, -0.1) is 0 Å². The lowest BCUT2D eigenvalue weighted by molar-refractivity contribution is 0.0998.